The number of carboxylic acid groups (broad SMARTS) is 1. The van der Waals surface area contributed by atoms with E-state index < -0.39 is 12.1 Å². The van der Waals surface area contributed by atoms with Crippen LogP contribution >= 0.6 is 0 Å². The second-order valence-corrected chi connectivity index (χ2v) is 6.90. The first kappa shape index (κ1) is 23.0. The highest BCUT2D eigenvalue weighted by molar-refractivity contribution is 5.87. The van der Waals surface area contributed by atoms with Crippen molar-refractivity contribution in [2.75, 3.05) is 21.3 Å². The molecule has 0 fully saturated rings. The van der Waals surface area contributed by atoms with Crippen LogP contribution in [0.25, 0.3) is 22.0 Å². The molecule has 7 nitrogen and oxygen atoms in total. The third kappa shape index (κ3) is 4.48. The number of carbonyl (C=O) groups excluding carboxylic acids is 1. The topological polar surface area (TPSA) is 91.9 Å². The molecule has 1 aliphatic rings. The lowest BCUT2D eigenvalue weighted by Gasteiger charge is -2.18. The summed E-state index contributed by atoms with van der Waals surface area (Å²) in [6, 6.07) is 9.77. The van der Waals surface area contributed by atoms with Gasteiger partial charge in [-0.3, -0.25) is 0 Å². The minimum absolute atomic E-state index is 0.142. The largest absolute Gasteiger partial charge is 0.542 e. The number of ether oxygens (including phenoxy) is 3. The van der Waals surface area contributed by atoms with Gasteiger partial charge in [0.1, 0.15) is 5.97 Å². The normalized spacial score (nSPS) is 12.2. The number of pyridine rings is 1. The Labute approximate surface area is 181 Å². The number of phenolic OH excluding ortho intramolecular Hbond substituents is 1. The molecule has 2 aromatic carbocycles. The van der Waals surface area contributed by atoms with Gasteiger partial charge in [0.05, 0.1) is 26.9 Å². The molecule has 1 aromatic heterocycles. The summed E-state index contributed by atoms with van der Waals surface area (Å²) in [7, 11) is 4.85. The zero-order valence-electron chi connectivity index (χ0n) is 17.4. The fraction of sp³-hybridized carbons (Fsp3) is 0.273. The van der Waals surface area contributed by atoms with Crippen LogP contribution in [0.4, 0.5) is 13.2 Å². The average Bonchev–Trinajstić information content (AvgIpc) is 2.76. The summed E-state index contributed by atoms with van der Waals surface area (Å²) < 4.78 is 49.9. The number of methoxy groups -OCH3 is 3. The lowest BCUT2D eigenvalue weighted by molar-refractivity contribution is -0.686. The number of nitrogens with zero attached hydrogens (tertiary/aromatic N) is 1. The summed E-state index contributed by atoms with van der Waals surface area (Å²) in [5.41, 5.74) is 3.45. The van der Waals surface area contributed by atoms with Crippen LogP contribution < -0.4 is 23.9 Å². The van der Waals surface area contributed by atoms with Gasteiger partial charge in [-0.25, -0.2) is 0 Å². The quantitative estimate of drug-likeness (QED) is 0.615. The molecule has 1 N–H and O–H groups in total. The lowest BCUT2D eigenvalue weighted by atomic mass is 9.95. The zero-order valence-corrected chi connectivity index (χ0v) is 17.4. The summed E-state index contributed by atoms with van der Waals surface area (Å²) in [5, 5.41) is 20.9. The monoisotopic (exact) mass is 451 g/mol. The molecule has 0 saturated carbocycles. The Morgan fingerprint density at radius 1 is 0.969 bits per heavy atom. The fourth-order valence-corrected chi connectivity index (χ4v) is 3.49. The molecule has 1 aliphatic heterocycles. The maximum Gasteiger partial charge on any atom is 0.430 e. The van der Waals surface area contributed by atoms with Crippen LogP contribution in [0.15, 0.2) is 36.5 Å². The number of aryl methyl sites for hydroxylation is 2. The molecule has 2 heterocycles. The Kier molecular flexibility index (Phi) is 6.33. The van der Waals surface area contributed by atoms with Crippen molar-refractivity contribution in [3.05, 3.63) is 42.1 Å². The van der Waals surface area contributed by atoms with Gasteiger partial charge < -0.3 is 29.2 Å². The minimum atomic E-state index is -5.19. The molecule has 32 heavy (non-hydrogen) atoms. The number of alkyl halides is 3. The average molecular weight is 451 g/mol. The smallest absolute Gasteiger partial charge is 0.430 e. The maximum absolute atomic E-state index is 10.5. The van der Waals surface area contributed by atoms with E-state index >= 15 is 0 Å². The number of fused-ring (bicyclic) bond motifs is 4. The highest BCUT2D eigenvalue weighted by atomic mass is 19.4. The fourth-order valence-electron chi connectivity index (χ4n) is 3.49. The van der Waals surface area contributed by atoms with Crippen molar-refractivity contribution in [3.63, 3.8) is 0 Å². The first-order valence-corrected chi connectivity index (χ1v) is 9.36. The van der Waals surface area contributed by atoms with Gasteiger partial charge in [0.2, 0.25) is 5.69 Å². The Bertz CT molecular complexity index is 1180. The van der Waals surface area contributed by atoms with Crippen molar-refractivity contribution >= 4 is 16.7 Å². The van der Waals surface area contributed by atoms with Gasteiger partial charge in [0.15, 0.2) is 35.7 Å². The van der Waals surface area contributed by atoms with Gasteiger partial charge in [-0.1, -0.05) is 0 Å². The summed E-state index contributed by atoms with van der Waals surface area (Å²) in [6.45, 7) is 0.886. The number of carbonyl (C=O) groups is 1. The Morgan fingerprint density at radius 3 is 2.12 bits per heavy atom. The number of hydrogen-bond donors (Lipinski definition) is 1. The summed E-state index contributed by atoms with van der Waals surface area (Å²) >= 11 is 0. The van der Waals surface area contributed by atoms with E-state index in [1.165, 1.54) is 5.56 Å². The van der Waals surface area contributed by atoms with Crippen LogP contribution in [-0.2, 0) is 17.8 Å². The minimum Gasteiger partial charge on any atom is -0.542 e. The van der Waals surface area contributed by atoms with Crippen LogP contribution in [0, 0.1) is 0 Å². The molecule has 0 bridgehead atoms. The molecule has 0 atom stereocenters. The number of aromatic hydroxyl groups is 1. The van der Waals surface area contributed by atoms with Gasteiger partial charge in [-0.15, -0.1) is 0 Å². The van der Waals surface area contributed by atoms with Crippen LogP contribution in [0.3, 0.4) is 0 Å². The number of hydrogen-bond acceptors (Lipinski definition) is 6. The standard InChI is InChI=1S/C20H19NO4.C2HF3O2/c1-23-18-9-14-11-21-5-4-12-8-19(24-2)20(25-3)10-15(12)16(21)6-13(14)7-17(18)22;3-2(4,5)1(6)7/h6-11H,4-5H2,1-3H3;(H,6,7). The van der Waals surface area contributed by atoms with E-state index in [1.54, 1.807) is 27.4 Å². The molecule has 0 radical (unpaired) electrons. The van der Waals surface area contributed by atoms with Crippen molar-refractivity contribution in [3.8, 4) is 34.3 Å². The van der Waals surface area contributed by atoms with Crippen molar-refractivity contribution in [2.45, 2.75) is 19.1 Å². The van der Waals surface area contributed by atoms with E-state index in [0.717, 1.165) is 40.7 Å². The van der Waals surface area contributed by atoms with E-state index in [4.69, 9.17) is 24.1 Å². The second kappa shape index (κ2) is 8.81. The zero-order chi connectivity index (χ0) is 23.6. The number of aromatic nitrogens is 1. The van der Waals surface area contributed by atoms with Gasteiger partial charge in [0.25, 0.3) is 0 Å². The molecule has 170 valence electrons. The third-order valence-corrected chi connectivity index (χ3v) is 5.02. The van der Waals surface area contributed by atoms with E-state index in [1.807, 2.05) is 18.2 Å². The third-order valence-electron chi connectivity index (χ3n) is 5.02. The Hall–Kier alpha value is -3.69. The molecule has 3 aromatic rings. The van der Waals surface area contributed by atoms with E-state index in [0.29, 0.717) is 11.5 Å². The van der Waals surface area contributed by atoms with Crippen molar-refractivity contribution in [1.82, 2.24) is 0 Å². The molecular weight excluding hydrogens is 431 g/mol. The molecule has 0 saturated heterocycles. The summed E-state index contributed by atoms with van der Waals surface area (Å²) in [5.74, 6) is -0.920. The van der Waals surface area contributed by atoms with E-state index in [-0.39, 0.29) is 5.75 Å². The van der Waals surface area contributed by atoms with Crippen LogP contribution in [0.5, 0.6) is 23.0 Å². The summed E-state index contributed by atoms with van der Waals surface area (Å²) in [4.78, 5) is 8.78. The summed E-state index contributed by atoms with van der Waals surface area (Å²) in [6.07, 6.45) is -2.17. The number of rotatable bonds is 3. The van der Waals surface area contributed by atoms with Crippen molar-refractivity contribution < 1.29 is 47.0 Å². The van der Waals surface area contributed by atoms with Crippen LogP contribution in [-0.4, -0.2) is 38.6 Å². The van der Waals surface area contributed by atoms with Crippen molar-refractivity contribution in [1.29, 1.82) is 0 Å². The molecule has 0 amide bonds. The molecule has 4 rings (SSSR count). The molecule has 0 spiro atoms. The number of aliphatic carboxylic acids is 1. The first-order valence-electron chi connectivity index (χ1n) is 9.36. The number of halogens is 3. The SMILES string of the molecule is COc1cc2c[n+]3c(cc2cc1O)-c1cc(OC)c(OC)cc1CC3.O=C([O-])C(F)(F)F. The Balaban J connectivity index is 0.000000360. The highest BCUT2D eigenvalue weighted by Crippen LogP contribution is 2.38. The molecular formula is C22H20F3NO6. The number of phenols is 1. The van der Waals surface area contributed by atoms with E-state index in [9.17, 15) is 18.3 Å². The number of benzene rings is 2. The Morgan fingerprint density at radius 2 is 1.56 bits per heavy atom. The number of carboxylic acids is 1. The van der Waals surface area contributed by atoms with Gasteiger partial charge in [-0.05, 0) is 35.2 Å². The van der Waals surface area contributed by atoms with Gasteiger partial charge in [-0.2, -0.15) is 17.7 Å². The second-order valence-electron chi connectivity index (χ2n) is 6.90. The van der Waals surface area contributed by atoms with Gasteiger partial charge in [0, 0.05) is 17.9 Å². The highest BCUT2D eigenvalue weighted by Gasteiger charge is 2.29. The maximum atomic E-state index is 10.5. The lowest BCUT2D eigenvalue weighted by Crippen LogP contribution is -2.40. The van der Waals surface area contributed by atoms with Crippen LogP contribution in [0.1, 0.15) is 5.56 Å². The predicted octanol–water partition coefficient (Wildman–Crippen LogP) is 2.38. The van der Waals surface area contributed by atoms with Crippen molar-refractivity contribution in [2.24, 2.45) is 0 Å². The molecule has 0 aliphatic carbocycles. The molecule has 10 heteroatoms. The van der Waals surface area contributed by atoms with E-state index in [2.05, 4.69) is 16.8 Å². The predicted molar refractivity (Wildman–Crippen MR) is 106 cm³/mol. The first-order chi connectivity index (χ1) is 15.1. The molecule has 0 unspecified atom stereocenters. The van der Waals surface area contributed by atoms with Gasteiger partial charge >= 0.3 is 6.18 Å². The van der Waals surface area contributed by atoms with Crippen LogP contribution in [0.2, 0.25) is 0 Å².